The van der Waals surface area contributed by atoms with Crippen LogP contribution in [0, 0.1) is 27.7 Å². The Labute approximate surface area is 141 Å². The van der Waals surface area contributed by atoms with Crippen LogP contribution in [0.3, 0.4) is 0 Å². The molecule has 0 rings (SSSR count). The van der Waals surface area contributed by atoms with Crippen LogP contribution in [0.25, 0.3) is 0 Å². The smallest absolute Gasteiger partial charge is 0.870 e. The third kappa shape index (κ3) is 1290. The van der Waals surface area contributed by atoms with Gasteiger partial charge in [0.2, 0.25) is 0 Å². The minimum absolute atomic E-state index is 0. The molecule has 0 aliphatic carbocycles. The molecule has 0 aliphatic heterocycles. The van der Waals surface area contributed by atoms with Gasteiger partial charge in [-0.2, -0.15) is 26.7 Å². The Morgan fingerprint density at radius 2 is 0.562 bits per heavy atom. The molecule has 4 nitrogen and oxygen atoms in total. The van der Waals surface area contributed by atoms with E-state index >= 15 is 0 Å². The zero-order valence-corrected chi connectivity index (χ0v) is 15.9. The van der Waals surface area contributed by atoms with Crippen molar-refractivity contribution in [3.63, 3.8) is 0 Å². The molecule has 6 heteroatoms. The quantitative estimate of drug-likeness (QED) is 0.584. The van der Waals surface area contributed by atoms with Gasteiger partial charge >= 0.3 is 52.4 Å². The summed E-state index contributed by atoms with van der Waals surface area (Å²) in [5, 5.41) is 0. The predicted molar refractivity (Wildman–Crippen MR) is 61.1 cm³/mol. The van der Waals surface area contributed by atoms with Crippen LogP contribution in [0.5, 0.6) is 0 Å². The molecule has 0 saturated heterocycles. The molecule has 0 aliphatic rings. The van der Waals surface area contributed by atoms with Crippen molar-refractivity contribution in [3.8, 4) is 0 Å². The Balaban J connectivity index is -0.00000000338. The fourth-order valence-corrected chi connectivity index (χ4v) is 0. The van der Waals surface area contributed by atoms with Crippen molar-refractivity contribution in [2.45, 2.75) is 40.5 Å². The monoisotopic (exact) mass is 392 g/mol. The third-order valence-electron chi connectivity index (χ3n) is 0. The van der Waals surface area contributed by atoms with Crippen molar-refractivity contribution in [1.29, 1.82) is 0 Å². The second-order valence-corrected chi connectivity index (χ2v) is 1.000. The van der Waals surface area contributed by atoms with Crippen LogP contribution in [0.1, 0.15) is 40.5 Å². The molecule has 0 atom stereocenters. The van der Waals surface area contributed by atoms with Gasteiger partial charge in [-0.25, -0.2) is 0 Å². The summed E-state index contributed by atoms with van der Waals surface area (Å²) in [6.07, 6.45) is 2.00. The van der Waals surface area contributed by atoms with E-state index in [4.69, 9.17) is 0 Å². The average Bonchev–Trinajstić information content (AvgIpc) is 1.99. The Hall–Kier alpha value is 1.61. The van der Waals surface area contributed by atoms with E-state index in [1.165, 1.54) is 0 Å². The Kier molecular flexibility index (Phi) is 1630. The molecular weight excluding hydrogens is 367 g/mol. The van der Waals surface area contributed by atoms with Gasteiger partial charge < -0.3 is 49.6 Å². The number of hydrogen-bond acceptors (Lipinski definition) is 4. The van der Waals surface area contributed by atoms with Crippen molar-refractivity contribution in [2.24, 2.45) is 0 Å². The second kappa shape index (κ2) is 311. The van der Waals surface area contributed by atoms with Crippen LogP contribution in [0.15, 0.2) is 0 Å². The molecule has 0 bridgehead atoms. The first-order valence-electron chi connectivity index (χ1n) is 3.83. The van der Waals surface area contributed by atoms with Gasteiger partial charge in [-0.05, 0) is 0 Å². The van der Waals surface area contributed by atoms with Crippen LogP contribution in [0.2, 0.25) is 0 Å². The molecule has 0 aromatic rings. The van der Waals surface area contributed by atoms with Gasteiger partial charge in [0.25, 0.3) is 0 Å². The van der Waals surface area contributed by atoms with E-state index < -0.39 is 0 Å². The fraction of sp³-hybridized carbons (Fsp3) is 0.600. The van der Waals surface area contributed by atoms with E-state index in [1.54, 1.807) is 13.8 Å². The van der Waals surface area contributed by atoms with Gasteiger partial charge in [-0.1, -0.05) is 13.8 Å². The van der Waals surface area contributed by atoms with Gasteiger partial charge in [-0.3, -0.25) is 0 Å². The first-order valence-corrected chi connectivity index (χ1v) is 3.83. The molecule has 0 aromatic carbocycles. The first kappa shape index (κ1) is 83.9. The molecule has 0 spiro atoms. The average molecular weight is 395 g/mol. The van der Waals surface area contributed by atoms with Gasteiger partial charge in [-0.15, -0.1) is 0 Å². The van der Waals surface area contributed by atoms with Gasteiger partial charge in [0.15, 0.2) is 0 Å². The van der Waals surface area contributed by atoms with Crippen LogP contribution in [-0.2, 0) is 52.4 Å². The minimum atomic E-state index is 0. The van der Waals surface area contributed by atoms with Crippen LogP contribution >= 0.6 is 0 Å². The van der Waals surface area contributed by atoms with E-state index in [0.29, 0.717) is 0 Å². The van der Waals surface area contributed by atoms with Crippen molar-refractivity contribution < 1.29 is 74.3 Å². The molecule has 0 radical (unpaired) electrons. The topological polar surface area (TPSA) is 120 Å². The summed E-state index contributed by atoms with van der Waals surface area (Å²) in [5.74, 6) is 0. The summed E-state index contributed by atoms with van der Waals surface area (Å²) in [7, 11) is 0. The first-order chi connectivity index (χ1) is 4.83. The SMILES string of the molecule is [CH2-]C.[CH2-]C.[CH2-]CC.[CH2-]CC.[OH-].[OH-].[OH-].[OH-].[Zr+4].[Zr+4]. The minimum Gasteiger partial charge on any atom is -0.870 e. The summed E-state index contributed by atoms with van der Waals surface area (Å²) in [5.41, 5.74) is 0. The molecule has 0 amide bonds. The number of hydrogen-bond donors (Lipinski definition) is 0. The molecule has 100 valence electrons. The summed E-state index contributed by atoms with van der Waals surface area (Å²) >= 11 is 0. The molecule has 16 heavy (non-hydrogen) atoms. The molecule has 0 unspecified atom stereocenters. The summed E-state index contributed by atoms with van der Waals surface area (Å²) in [4.78, 5) is 0. The zero-order chi connectivity index (χ0) is 9.41. The standard InChI is InChI=1S/2C3H7.2C2H5.4H2O.2Zr/c2*1-3-2;2*1-2;;;;;;/h2*1,3H2,2H3;2*1H2,2H3;4*1H2;;/q4*-1;;;;;2*+4/p-4. The van der Waals surface area contributed by atoms with Crippen LogP contribution < -0.4 is 0 Å². The van der Waals surface area contributed by atoms with E-state index in [2.05, 4.69) is 27.7 Å². The van der Waals surface area contributed by atoms with Gasteiger partial charge in [0.1, 0.15) is 0 Å². The molecule has 0 aromatic heterocycles. The summed E-state index contributed by atoms with van der Waals surface area (Å²) in [6, 6.07) is 0. The normalized spacial score (nSPS) is 3.00. The van der Waals surface area contributed by atoms with E-state index in [1.807, 2.05) is 13.8 Å². The third-order valence-corrected chi connectivity index (χ3v) is 0. The maximum atomic E-state index is 3.49. The predicted octanol–water partition coefficient (Wildman–Crippen LogP) is 3.43. The van der Waals surface area contributed by atoms with E-state index in [0.717, 1.165) is 12.8 Å². The van der Waals surface area contributed by atoms with Crippen LogP contribution in [-0.4, -0.2) is 21.9 Å². The summed E-state index contributed by atoms with van der Waals surface area (Å²) < 4.78 is 0. The summed E-state index contributed by atoms with van der Waals surface area (Å²) in [6.45, 7) is 21.0. The molecule has 0 heterocycles. The maximum absolute atomic E-state index is 3.49. The largest absolute Gasteiger partial charge is 4.00 e. The fourth-order valence-electron chi connectivity index (χ4n) is 0. The van der Waals surface area contributed by atoms with Crippen molar-refractivity contribution in [3.05, 3.63) is 27.7 Å². The van der Waals surface area contributed by atoms with Crippen molar-refractivity contribution in [2.75, 3.05) is 0 Å². The van der Waals surface area contributed by atoms with Gasteiger partial charge in [0.05, 0.1) is 0 Å². The van der Waals surface area contributed by atoms with E-state index in [9.17, 15) is 0 Å². The Bertz CT molecular complexity index is 22.8. The molecule has 0 fully saturated rings. The second-order valence-electron chi connectivity index (χ2n) is 1.000. The number of rotatable bonds is 0. The molecule has 4 N–H and O–H groups in total. The van der Waals surface area contributed by atoms with E-state index in [-0.39, 0.29) is 74.3 Å². The molecule has 0 saturated carbocycles. The molecular formula is C10H28O4Zr2. The van der Waals surface area contributed by atoms with Gasteiger partial charge in [0, 0.05) is 0 Å². The Morgan fingerprint density at radius 1 is 0.562 bits per heavy atom. The maximum Gasteiger partial charge on any atom is 4.00 e. The Morgan fingerprint density at radius 3 is 0.562 bits per heavy atom. The van der Waals surface area contributed by atoms with Crippen LogP contribution in [0.4, 0.5) is 0 Å². The van der Waals surface area contributed by atoms with Crippen molar-refractivity contribution >= 4 is 0 Å². The zero-order valence-electron chi connectivity index (χ0n) is 11.0. The van der Waals surface area contributed by atoms with Crippen molar-refractivity contribution in [1.82, 2.24) is 0 Å².